The molecule has 1 aliphatic carbocycles. The van der Waals surface area contributed by atoms with Crippen LogP contribution in [0.5, 0.6) is 5.75 Å². The quantitative estimate of drug-likeness (QED) is 0.739. The minimum absolute atomic E-state index is 0.0178. The van der Waals surface area contributed by atoms with Gasteiger partial charge in [0.2, 0.25) is 5.91 Å². The van der Waals surface area contributed by atoms with Gasteiger partial charge < -0.3 is 10.1 Å². The molecule has 1 aliphatic rings. The number of nitrogens with one attached hydrogen (secondary N) is 1. The normalized spacial score (nSPS) is 15.2. The molecule has 24 heavy (non-hydrogen) atoms. The van der Waals surface area contributed by atoms with E-state index in [4.69, 9.17) is 16.3 Å². The Bertz CT molecular complexity index is 934. The summed E-state index contributed by atoms with van der Waals surface area (Å²) in [5, 5.41) is 4.23. The van der Waals surface area contributed by atoms with Crippen molar-refractivity contribution in [1.29, 1.82) is 0 Å². The Labute approximate surface area is 148 Å². The van der Waals surface area contributed by atoms with Crippen molar-refractivity contribution in [1.82, 2.24) is 4.98 Å². The van der Waals surface area contributed by atoms with Crippen LogP contribution >= 0.6 is 22.9 Å². The van der Waals surface area contributed by atoms with E-state index in [-0.39, 0.29) is 5.91 Å². The van der Waals surface area contributed by atoms with E-state index in [1.54, 1.807) is 7.11 Å². The lowest BCUT2D eigenvalue weighted by molar-refractivity contribution is -0.118. The third-order valence-corrected chi connectivity index (χ3v) is 5.55. The number of benzene rings is 2. The predicted molar refractivity (Wildman–Crippen MR) is 97.2 cm³/mol. The maximum Gasteiger partial charge on any atom is 0.236 e. The Kier molecular flexibility index (Phi) is 3.70. The summed E-state index contributed by atoms with van der Waals surface area (Å²) in [5.74, 6) is 0.761. The second kappa shape index (κ2) is 5.76. The molecule has 0 unspecified atom stereocenters. The number of aromatic nitrogens is 1. The number of anilines is 1. The summed E-state index contributed by atoms with van der Waals surface area (Å²) in [6.07, 6.45) is 1.66. The molecule has 0 spiro atoms. The molecule has 0 radical (unpaired) electrons. The topological polar surface area (TPSA) is 51.2 Å². The van der Waals surface area contributed by atoms with Crippen molar-refractivity contribution in [2.45, 2.75) is 18.3 Å². The molecule has 1 N–H and O–H groups in total. The Balaban J connectivity index is 1.60. The Hall–Kier alpha value is -2.11. The van der Waals surface area contributed by atoms with Gasteiger partial charge >= 0.3 is 0 Å². The zero-order chi connectivity index (χ0) is 16.7. The second-order valence-corrected chi connectivity index (χ2v) is 7.37. The van der Waals surface area contributed by atoms with Gasteiger partial charge in [-0.1, -0.05) is 35.1 Å². The molecule has 0 bridgehead atoms. The molecule has 122 valence electrons. The minimum Gasteiger partial charge on any atom is -0.497 e. The number of nitrogens with zero attached hydrogens (tertiary/aromatic N) is 1. The highest BCUT2D eigenvalue weighted by molar-refractivity contribution is 7.22. The highest BCUT2D eigenvalue weighted by Crippen LogP contribution is 2.49. The number of hydrogen-bond acceptors (Lipinski definition) is 4. The minimum atomic E-state index is -0.472. The van der Waals surface area contributed by atoms with Gasteiger partial charge in [-0.2, -0.15) is 0 Å². The number of rotatable bonds is 4. The van der Waals surface area contributed by atoms with Crippen LogP contribution in [0.4, 0.5) is 5.13 Å². The van der Waals surface area contributed by atoms with Gasteiger partial charge in [0, 0.05) is 5.02 Å². The molecule has 1 aromatic heterocycles. The molecule has 6 heteroatoms. The van der Waals surface area contributed by atoms with Crippen LogP contribution in [0, 0.1) is 0 Å². The summed E-state index contributed by atoms with van der Waals surface area (Å²) in [4.78, 5) is 17.3. The predicted octanol–water partition coefficient (Wildman–Crippen LogP) is 4.63. The summed E-state index contributed by atoms with van der Waals surface area (Å²) >= 11 is 7.52. The van der Waals surface area contributed by atoms with Crippen molar-refractivity contribution in [3.05, 3.63) is 53.1 Å². The van der Waals surface area contributed by atoms with Crippen LogP contribution in [0.2, 0.25) is 5.02 Å². The number of amides is 1. The number of thiazole rings is 1. The fraction of sp³-hybridized carbons (Fsp3) is 0.222. The van der Waals surface area contributed by atoms with Crippen LogP contribution in [0.25, 0.3) is 10.2 Å². The zero-order valence-electron chi connectivity index (χ0n) is 13.0. The maximum atomic E-state index is 12.8. The van der Waals surface area contributed by atoms with Gasteiger partial charge in [0.1, 0.15) is 5.75 Å². The molecule has 3 aromatic rings. The third kappa shape index (κ3) is 2.64. The number of carbonyl (C=O) groups is 1. The first kappa shape index (κ1) is 15.4. The summed E-state index contributed by atoms with van der Waals surface area (Å²) in [7, 11) is 1.63. The molecule has 4 nitrogen and oxygen atoms in total. The maximum absolute atomic E-state index is 12.8. The highest BCUT2D eigenvalue weighted by Gasteiger charge is 2.51. The summed E-state index contributed by atoms with van der Waals surface area (Å²) in [5.41, 5.74) is 1.35. The van der Waals surface area contributed by atoms with Crippen LogP contribution in [0.15, 0.2) is 42.5 Å². The number of ether oxygens (including phenoxy) is 1. The summed E-state index contributed by atoms with van der Waals surface area (Å²) in [6.45, 7) is 0. The first-order valence-electron chi connectivity index (χ1n) is 7.63. The van der Waals surface area contributed by atoms with Crippen molar-refractivity contribution < 1.29 is 9.53 Å². The molecule has 0 aliphatic heterocycles. The van der Waals surface area contributed by atoms with E-state index in [1.807, 2.05) is 42.5 Å². The Morgan fingerprint density at radius 1 is 1.29 bits per heavy atom. The van der Waals surface area contributed by atoms with Gasteiger partial charge in [-0.05, 0) is 48.7 Å². The molecule has 1 fully saturated rings. The molecule has 1 amide bonds. The largest absolute Gasteiger partial charge is 0.497 e. The second-order valence-electron chi connectivity index (χ2n) is 5.90. The van der Waals surface area contributed by atoms with Crippen molar-refractivity contribution in [2.75, 3.05) is 12.4 Å². The van der Waals surface area contributed by atoms with Gasteiger partial charge in [0.15, 0.2) is 5.13 Å². The standard InChI is InChI=1S/C18H15ClN2O2S/c1-23-13-5-6-14-15(10-13)24-17(20-14)21-16(22)18(7-8-18)11-3-2-4-12(19)9-11/h2-6,9-10H,7-8H2,1H3,(H,20,21,22). The van der Waals surface area contributed by atoms with E-state index >= 15 is 0 Å². The Morgan fingerprint density at radius 3 is 2.83 bits per heavy atom. The summed E-state index contributed by atoms with van der Waals surface area (Å²) in [6, 6.07) is 13.2. The van der Waals surface area contributed by atoms with Crippen molar-refractivity contribution >= 4 is 44.2 Å². The number of halogens is 1. The van der Waals surface area contributed by atoms with E-state index in [0.29, 0.717) is 10.2 Å². The van der Waals surface area contributed by atoms with Gasteiger partial charge in [-0.15, -0.1) is 0 Å². The number of hydrogen-bond donors (Lipinski definition) is 1. The van der Waals surface area contributed by atoms with Crippen LogP contribution in [0.1, 0.15) is 18.4 Å². The average Bonchev–Trinajstić information content (AvgIpc) is 3.30. The zero-order valence-corrected chi connectivity index (χ0v) is 14.6. The lowest BCUT2D eigenvalue weighted by Gasteiger charge is -2.14. The smallest absolute Gasteiger partial charge is 0.236 e. The third-order valence-electron chi connectivity index (χ3n) is 4.38. The van der Waals surface area contributed by atoms with Crippen LogP contribution in [-0.2, 0) is 10.2 Å². The van der Waals surface area contributed by atoms with Crippen molar-refractivity contribution in [3.63, 3.8) is 0 Å². The molecule has 2 aromatic carbocycles. The van der Waals surface area contributed by atoms with Gasteiger partial charge in [-0.25, -0.2) is 4.98 Å². The molecule has 0 atom stereocenters. The lowest BCUT2D eigenvalue weighted by Crippen LogP contribution is -2.27. The molecular formula is C18H15ClN2O2S. The van der Waals surface area contributed by atoms with Crippen LogP contribution in [0.3, 0.4) is 0 Å². The number of methoxy groups -OCH3 is 1. The van der Waals surface area contributed by atoms with E-state index in [2.05, 4.69) is 10.3 Å². The fourth-order valence-electron chi connectivity index (χ4n) is 2.86. The average molecular weight is 359 g/mol. The van der Waals surface area contributed by atoms with E-state index in [0.717, 1.165) is 34.4 Å². The van der Waals surface area contributed by atoms with Gasteiger partial charge in [-0.3, -0.25) is 4.79 Å². The number of carbonyl (C=O) groups excluding carboxylic acids is 1. The summed E-state index contributed by atoms with van der Waals surface area (Å²) < 4.78 is 6.21. The monoisotopic (exact) mass is 358 g/mol. The molecule has 4 rings (SSSR count). The van der Waals surface area contributed by atoms with Crippen LogP contribution in [-0.4, -0.2) is 18.0 Å². The van der Waals surface area contributed by atoms with Gasteiger partial charge in [0.25, 0.3) is 0 Å². The fourth-order valence-corrected chi connectivity index (χ4v) is 3.94. The SMILES string of the molecule is COc1ccc2nc(NC(=O)C3(c4cccc(Cl)c4)CC3)sc2c1. The van der Waals surface area contributed by atoms with E-state index in [1.165, 1.54) is 11.3 Å². The van der Waals surface area contributed by atoms with Crippen LogP contribution < -0.4 is 10.1 Å². The lowest BCUT2D eigenvalue weighted by atomic mass is 9.95. The molecule has 1 saturated carbocycles. The first-order chi connectivity index (χ1) is 11.6. The molecular weight excluding hydrogens is 344 g/mol. The first-order valence-corrected chi connectivity index (χ1v) is 8.82. The van der Waals surface area contributed by atoms with E-state index < -0.39 is 5.41 Å². The Morgan fingerprint density at radius 2 is 2.12 bits per heavy atom. The van der Waals surface area contributed by atoms with E-state index in [9.17, 15) is 4.79 Å². The molecule has 1 heterocycles. The van der Waals surface area contributed by atoms with Crippen molar-refractivity contribution in [3.8, 4) is 5.75 Å². The molecule has 0 saturated heterocycles. The highest BCUT2D eigenvalue weighted by atomic mass is 35.5. The van der Waals surface area contributed by atoms with Crippen molar-refractivity contribution in [2.24, 2.45) is 0 Å². The number of fused-ring (bicyclic) bond motifs is 1. The van der Waals surface area contributed by atoms with Gasteiger partial charge in [0.05, 0.1) is 22.7 Å².